The monoisotopic (exact) mass is 959 g/mol. The van der Waals surface area contributed by atoms with E-state index in [4.69, 9.17) is 8.83 Å². The summed E-state index contributed by atoms with van der Waals surface area (Å²) in [4.78, 5) is 4.71. The van der Waals surface area contributed by atoms with E-state index < -0.39 is 0 Å². The van der Waals surface area contributed by atoms with E-state index >= 15 is 0 Å². The molecular weight excluding hydrogens is 915 g/mol. The van der Waals surface area contributed by atoms with Crippen molar-refractivity contribution in [1.29, 1.82) is 0 Å². The number of hydrogen-bond acceptors (Lipinski definition) is 4. The molecule has 4 aromatic heterocycles. The minimum absolute atomic E-state index is 0.865. The van der Waals surface area contributed by atoms with Crippen molar-refractivity contribution in [3.63, 3.8) is 0 Å². The number of hydrogen-bond donors (Lipinski definition) is 0. The topological polar surface area (TPSA) is 37.2 Å². The summed E-state index contributed by atoms with van der Waals surface area (Å²) in [6, 6.07) is 86.2. The van der Waals surface area contributed by atoms with Crippen molar-refractivity contribution in [2.75, 3.05) is 9.80 Å². The Morgan fingerprint density at radius 3 is 1.27 bits per heavy atom. The predicted molar refractivity (Wildman–Crippen MR) is 315 cm³/mol. The Morgan fingerprint density at radius 2 is 0.760 bits per heavy atom. The molecule has 0 aliphatic heterocycles. The van der Waals surface area contributed by atoms with Crippen LogP contribution < -0.4 is 9.80 Å². The van der Waals surface area contributed by atoms with E-state index in [-0.39, 0.29) is 0 Å². The van der Waals surface area contributed by atoms with Crippen LogP contribution in [0.2, 0.25) is 0 Å². The summed E-state index contributed by atoms with van der Waals surface area (Å²) in [5.74, 6) is 0. The van der Waals surface area contributed by atoms with E-state index in [0.29, 0.717) is 0 Å². The molecule has 16 aromatic rings. The number of benzene rings is 12. The van der Waals surface area contributed by atoms with Crippen LogP contribution >= 0.6 is 0 Å². The quantitative estimate of drug-likeness (QED) is 0.159. The molecule has 0 spiro atoms. The molecule has 5 nitrogen and oxygen atoms in total. The van der Waals surface area contributed by atoms with Crippen LogP contribution in [0.3, 0.4) is 0 Å². The molecule has 352 valence electrons. The summed E-state index contributed by atoms with van der Waals surface area (Å²) in [7, 11) is 0. The molecule has 0 saturated carbocycles. The van der Waals surface area contributed by atoms with Gasteiger partial charge in [-0.2, -0.15) is 0 Å². The van der Waals surface area contributed by atoms with Crippen LogP contribution in [0.15, 0.2) is 245 Å². The predicted octanol–water partition coefficient (Wildman–Crippen LogP) is 20.2. The Labute approximate surface area is 431 Å². The number of fused-ring (bicyclic) bond motifs is 14. The first-order valence-corrected chi connectivity index (χ1v) is 25.7. The zero-order valence-corrected chi connectivity index (χ0v) is 41.2. The molecule has 0 atom stereocenters. The highest BCUT2D eigenvalue weighted by atomic mass is 16.3. The lowest BCUT2D eigenvalue weighted by Crippen LogP contribution is -2.10. The van der Waals surface area contributed by atoms with Crippen molar-refractivity contribution in [2.45, 2.75) is 13.8 Å². The maximum atomic E-state index is 6.70. The van der Waals surface area contributed by atoms with E-state index in [2.05, 4.69) is 253 Å². The summed E-state index contributed by atoms with van der Waals surface area (Å²) in [6.45, 7) is 4.31. The molecule has 0 aliphatic carbocycles. The van der Waals surface area contributed by atoms with Crippen LogP contribution in [-0.4, -0.2) is 4.40 Å². The molecule has 16 rings (SSSR count). The van der Waals surface area contributed by atoms with Crippen molar-refractivity contribution in [3.8, 4) is 11.1 Å². The second-order valence-electron chi connectivity index (χ2n) is 20.3. The zero-order chi connectivity index (χ0) is 49.5. The number of furan rings is 2. The summed E-state index contributed by atoms with van der Waals surface area (Å²) in [6.07, 6.45) is 0. The third-order valence-electron chi connectivity index (χ3n) is 15.7. The van der Waals surface area contributed by atoms with Crippen molar-refractivity contribution >= 4 is 138 Å². The molecule has 0 aliphatic rings. The Kier molecular flexibility index (Phi) is 8.81. The fourth-order valence-electron chi connectivity index (χ4n) is 12.3. The van der Waals surface area contributed by atoms with Gasteiger partial charge in [0.1, 0.15) is 11.2 Å². The van der Waals surface area contributed by atoms with Gasteiger partial charge in [0.15, 0.2) is 11.2 Å². The van der Waals surface area contributed by atoms with Gasteiger partial charge in [0.25, 0.3) is 0 Å². The third kappa shape index (κ3) is 6.31. The van der Waals surface area contributed by atoms with Gasteiger partial charge in [-0.1, -0.05) is 127 Å². The minimum atomic E-state index is 0.865. The number of para-hydroxylation sites is 4. The van der Waals surface area contributed by atoms with Crippen LogP contribution in [0.1, 0.15) is 11.1 Å². The van der Waals surface area contributed by atoms with Gasteiger partial charge in [0.2, 0.25) is 0 Å². The van der Waals surface area contributed by atoms with E-state index in [1.165, 1.54) is 71.1 Å². The number of rotatable bonds is 7. The van der Waals surface area contributed by atoms with Gasteiger partial charge in [-0.25, -0.2) is 0 Å². The zero-order valence-electron chi connectivity index (χ0n) is 41.2. The van der Waals surface area contributed by atoms with Crippen molar-refractivity contribution < 1.29 is 8.83 Å². The SMILES string of the molecule is Cc1cccc(N(c2ccc3cc4c5cc(-c6ccccc6)cc6c7cc8ccc(N(c9cccc(C)c9)c9cccc%10c9oc9ccccc9%10)cc8cc7n(c4cc3c2)c56)c2cccc3c2oc2ccccc23)c1. The highest BCUT2D eigenvalue weighted by Crippen LogP contribution is 2.48. The van der Waals surface area contributed by atoms with Crippen LogP contribution in [0.25, 0.3) is 115 Å². The van der Waals surface area contributed by atoms with Crippen molar-refractivity contribution in [3.05, 3.63) is 248 Å². The number of aryl methyl sites for hydroxylation is 2. The van der Waals surface area contributed by atoms with Gasteiger partial charge >= 0.3 is 0 Å². The molecule has 0 bridgehead atoms. The molecule has 5 heteroatoms. The van der Waals surface area contributed by atoms with Crippen LogP contribution in [0.4, 0.5) is 34.1 Å². The number of anilines is 6. The first kappa shape index (κ1) is 41.7. The van der Waals surface area contributed by atoms with Crippen LogP contribution in [-0.2, 0) is 0 Å². The average Bonchev–Trinajstić information content (AvgIpc) is 4.34. The lowest BCUT2D eigenvalue weighted by molar-refractivity contribution is 0.668. The van der Waals surface area contributed by atoms with E-state index in [0.717, 1.165) is 88.8 Å². The molecule has 0 fully saturated rings. The second kappa shape index (κ2) is 15.8. The molecular formula is C70H45N3O2. The molecule has 12 aromatic carbocycles. The van der Waals surface area contributed by atoms with E-state index in [1.54, 1.807) is 0 Å². The minimum Gasteiger partial charge on any atom is -0.454 e. The fraction of sp³-hybridized carbons (Fsp3) is 0.0286. The van der Waals surface area contributed by atoms with Crippen molar-refractivity contribution in [2.24, 2.45) is 0 Å². The molecule has 0 N–H and O–H groups in total. The smallest absolute Gasteiger partial charge is 0.159 e. The highest BCUT2D eigenvalue weighted by molar-refractivity contribution is 6.27. The molecule has 0 radical (unpaired) electrons. The average molecular weight is 960 g/mol. The summed E-state index contributed by atoms with van der Waals surface area (Å²) in [5, 5.41) is 14.1. The first-order chi connectivity index (χ1) is 37.0. The lowest BCUT2D eigenvalue weighted by Gasteiger charge is -2.26. The van der Waals surface area contributed by atoms with Gasteiger partial charge in [0.05, 0.1) is 27.9 Å². The highest BCUT2D eigenvalue weighted by Gasteiger charge is 2.25. The Balaban J connectivity index is 0.935. The maximum absolute atomic E-state index is 6.70. The standard InChI is InChI=1S/C70H45N3O2/c1-42-14-10-18-50(32-42)71(62-24-12-22-56-54-20-6-8-26-66(54)74-69(56)62)52-30-28-45-36-58-60-38-49(44-16-4-3-5-17-44)39-61-59-37-46-29-31-53(35-48(46)41-65(59)73(68(60)61)64(58)40-47(45)34-52)72(51-19-11-15-43(2)33-51)63-25-13-23-57-55-21-7-9-27-67(55)75-70(57)63/h3-41H,1-2H3. The Hall–Kier alpha value is -9.84. The lowest BCUT2D eigenvalue weighted by atomic mass is 9.97. The van der Waals surface area contributed by atoms with Gasteiger partial charge in [-0.3, -0.25) is 0 Å². The van der Waals surface area contributed by atoms with E-state index in [1.807, 2.05) is 12.1 Å². The van der Waals surface area contributed by atoms with Gasteiger partial charge in [-0.15, -0.1) is 0 Å². The summed E-state index contributed by atoms with van der Waals surface area (Å²) >= 11 is 0. The van der Waals surface area contributed by atoms with E-state index in [9.17, 15) is 0 Å². The molecule has 75 heavy (non-hydrogen) atoms. The summed E-state index contributed by atoms with van der Waals surface area (Å²) in [5.41, 5.74) is 18.1. The Morgan fingerprint density at radius 1 is 0.307 bits per heavy atom. The summed E-state index contributed by atoms with van der Waals surface area (Å²) < 4.78 is 15.9. The molecule has 0 unspecified atom stereocenters. The number of nitrogens with zero attached hydrogens (tertiary/aromatic N) is 3. The normalized spacial score (nSPS) is 12.1. The third-order valence-corrected chi connectivity index (χ3v) is 15.7. The van der Waals surface area contributed by atoms with Crippen LogP contribution in [0, 0.1) is 13.8 Å². The van der Waals surface area contributed by atoms with Crippen LogP contribution in [0.5, 0.6) is 0 Å². The van der Waals surface area contributed by atoms with Gasteiger partial charge in [0, 0.05) is 65.8 Å². The largest absolute Gasteiger partial charge is 0.454 e. The molecule has 4 heterocycles. The van der Waals surface area contributed by atoms with Crippen molar-refractivity contribution in [1.82, 2.24) is 4.40 Å². The van der Waals surface area contributed by atoms with Gasteiger partial charge in [-0.05, 0) is 167 Å². The molecule has 0 saturated heterocycles. The van der Waals surface area contributed by atoms with Gasteiger partial charge < -0.3 is 23.0 Å². The maximum Gasteiger partial charge on any atom is 0.159 e. The number of aromatic nitrogens is 1. The second-order valence-corrected chi connectivity index (χ2v) is 20.3. The molecule has 0 amide bonds. The fourth-order valence-corrected chi connectivity index (χ4v) is 12.3. The first-order valence-electron chi connectivity index (χ1n) is 25.7. The Bertz CT molecular complexity index is 4710.